The fourth-order valence-corrected chi connectivity index (χ4v) is 3.07. The molecule has 1 aliphatic heterocycles. The Hall–Kier alpha value is -2.08. The molecule has 6 heteroatoms. The number of hydrogen-bond donors (Lipinski definition) is 1. The lowest BCUT2D eigenvalue weighted by atomic mass is 9.97. The molecular weight excluding hydrogens is 318 g/mol. The molecule has 1 fully saturated rings. The summed E-state index contributed by atoms with van der Waals surface area (Å²) >= 11 is 0. The normalized spacial score (nSPS) is 18.9. The molecule has 6 nitrogen and oxygen atoms in total. The number of likely N-dealkylation sites (tertiary alicyclic amines) is 1. The monoisotopic (exact) mass is 347 g/mol. The SMILES string of the molecule is Cc1ccccc1OCCN(C)[C@H](C)C(=O)N1CCC[C@H](C(N)=O)C1. The molecule has 138 valence electrons. The summed E-state index contributed by atoms with van der Waals surface area (Å²) < 4.78 is 5.80. The summed E-state index contributed by atoms with van der Waals surface area (Å²) in [6.07, 6.45) is 1.60. The number of benzene rings is 1. The van der Waals surface area contributed by atoms with Crippen molar-refractivity contribution < 1.29 is 14.3 Å². The molecule has 1 aromatic carbocycles. The Morgan fingerprint density at radius 3 is 2.80 bits per heavy atom. The number of ether oxygens (including phenoxy) is 1. The van der Waals surface area contributed by atoms with E-state index in [-0.39, 0.29) is 23.8 Å². The summed E-state index contributed by atoms with van der Waals surface area (Å²) in [5, 5.41) is 0. The standard InChI is InChI=1S/C19H29N3O3/c1-14-7-4-5-9-17(14)25-12-11-21(3)15(2)19(24)22-10-6-8-16(13-22)18(20)23/h4-5,7,9,15-16H,6,8,10-13H2,1-3H3,(H2,20,23)/t15-,16+/m1/s1. The number of nitrogens with zero attached hydrogens (tertiary/aromatic N) is 2. The average Bonchev–Trinajstić information content (AvgIpc) is 2.62. The Labute approximate surface area is 149 Å². The molecule has 25 heavy (non-hydrogen) atoms. The highest BCUT2D eigenvalue weighted by Gasteiger charge is 2.30. The third-order valence-corrected chi connectivity index (χ3v) is 4.95. The van der Waals surface area contributed by atoms with E-state index >= 15 is 0 Å². The zero-order chi connectivity index (χ0) is 18.4. The van der Waals surface area contributed by atoms with Crippen LogP contribution in [-0.4, -0.2) is 60.9 Å². The summed E-state index contributed by atoms with van der Waals surface area (Å²) in [4.78, 5) is 27.8. The quantitative estimate of drug-likeness (QED) is 0.809. The van der Waals surface area contributed by atoms with Crippen LogP contribution in [0.1, 0.15) is 25.3 Å². The first-order valence-electron chi connectivity index (χ1n) is 8.87. The number of piperidine rings is 1. The predicted molar refractivity (Wildman–Crippen MR) is 97.3 cm³/mol. The fourth-order valence-electron chi connectivity index (χ4n) is 3.07. The highest BCUT2D eigenvalue weighted by atomic mass is 16.5. The Morgan fingerprint density at radius 2 is 2.12 bits per heavy atom. The summed E-state index contributed by atoms with van der Waals surface area (Å²) in [5.41, 5.74) is 6.49. The van der Waals surface area contributed by atoms with Gasteiger partial charge in [0.05, 0.1) is 12.0 Å². The summed E-state index contributed by atoms with van der Waals surface area (Å²) in [5.74, 6) is 0.379. The maximum atomic E-state index is 12.7. The summed E-state index contributed by atoms with van der Waals surface area (Å²) in [6.45, 7) is 6.20. The van der Waals surface area contributed by atoms with Gasteiger partial charge in [0.15, 0.2) is 0 Å². The van der Waals surface area contributed by atoms with Crippen molar-refractivity contribution in [3.63, 3.8) is 0 Å². The average molecular weight is 347 g/mol. The van der Waals surface area contributed by atoms with Crippen LogP contribution in [0.25, 0.3) is 0 Å². The lowest BCUT2D eigenvalue weighted by Gasteiger charge is -2.35. The number of carbonyl (C=O) groups is 2. The van der Waals surface area contributed by atoms with Crippen molar-refractivity contribution in [1.82, 2.24) is 9.80 Å². The van der Waals surface area contributed by atoms with Gasteiger partial charge >= 0.3 is 0 Å². The Balaban J connectivity index is 1.82. The third-order valence-electron chi connectivity index (χ3n) is 4.95. The molecule has 2 N–H and O–H groups in total. The maximum Gasteiger partial charge on any atom is 0.239 e. The van der Waals surface area contributed by atoms with Crippen molar-refractivity contribution in [3.8, 4) is 5.75 Å². The number of likely N-dealkylation sites (N-methyl/N-ethyl adjacent to an activating group) is 1. The van der Waals surface area contributed by atoms with E-state index in [4.69, 9.17) is 10.5 Å². The molecule has 0 saturated carbocycles. The van der Waals surface area contributed by atoms with Crippen LogP contribution in [0.3, 0.4) is 0 Å². The maximum absolute atomic E-state index is 12.7. The molecule has 0 bridgehead atoms. The van der Waals surface area contributed by atoms with Crippen LogP contribution in [0.5, 0.6) is 5.75 Å². The number of amides is 2. The molecule has 1 aromatic rings. The lowest BCUT2D eigenvalue weighted by molar-refractivity contribution is -0.139. The first-order chi connectivity index (χ1) is 11.9. The van der Waals surface area contributed by atoms with Gasteiger partial charge in [-0.15, -0.1) is 0 Å². The minimum atomic E-state index is -0.315. The molecule has 1 heterocycles. The largest absolute Gasteiger partial charge is 0.492 e. The van der Waals surface area contributed by atoms with E-state index in [0.29, 0.717) is 26.2 Å². The first kappa shape index (κ1) is 19.2. The number of carbonyl (C=O) groups excluding carboxylic acids is 2. The zero-order valence-corrected chi connectivity index (χ0v) is 15.4. The molecule has 0 unspecified atom stereocenters. The van der Waals surface area contributed by atoms with E-state index in [1.807, 2.05) is 50.1 Å². The predicted octanol–water partition coefficient (Wildman–Crippen LogP) is 1.42. The molecule has 0 aliphatic carbocycles. The van der Waals surface area contributed by atoms with Gasteiger partial charge < -0.3 is 15.4 Å². The van der Waals surface area contributed by atoms with E-state index < -0.39 is 0 Å². The Bertz CT molecular complexity index is 605. The number of para-hydroxylation sites is 1. The highest BCUT2D eigenvalue weighted by molar-refractivity contribution is 5.83. The van der Waals surface area contributed by atoms with Gasteiger partial charge in [0, 0.05) is 19.6 Å². The van der Waals surface area contributed by atoms with E-state index in [1.165, 1.54) is 0 Å². The lowest BCUT2D eigenvalue weighted by Crippen LogP contribution is -2.51. The molecule has 2 amide bonds. The van der Waals surface area contributed by atoms with Crippen LogP contribution in [0.4, 0.5) is 0 Å². The third kappa shape index (κ3) is 5.19. The molecule has 1 saturated heterocycles. The minimum Gasteiger partial charge on any atom is -0.492 e. The van der Waals surface area contributed by atoms with Gasteiger partial charge in [-0.1, -0.05) is 18.2 Å². The van der Waals surface area contributed by atoms with Crippen molar-refractivity contribution >= 4 is 11.8 Å². The number of nitrogens with two attached hydrogens (primary N) is 1. The summed E-state index contributed by atoms with van der Waals surface area (Å²) in [7, 11) is 1.92. The van der Waals surface area contributed by atoms with Gasteiger partial charge in [0.2, 0.25) is 11.8 Å². The van der Waals surface area contributed by atoms with Crippen molar-refractivity contribution in [2.75, 3.05) is 33.3 Å². The van der Waals surface area contributed by atoms with Crippen molar-refractivity contribution in [2.45, 2.75) is 32.7 Å². The topological polar surface area (TPSA) is 75.9 Å². The van der Waals surface area contributed by atoms with Crippen molar-refractivity contribution in [2.24, 2.45) is 11.7 Å². The van der Waals surface area contributed by atoms with Crippen LogP contribution < -0.4 is 10.5 Å². The van der Waals surface area contributed by atoms with Gasteiger partial charge in [-0.05, 0) is 45.4 Å². The zero-order valence-electron chi connectivity index (χ0n) is 15.4. The number of aryl methyl sites for hydroxylation is 1. The second kappa shape index (κ2) is 8.85. The van der Waals surface area contributed by atoms with Gasteiger partial charge in [0.1, 0.15) is 12.4 Å². The molecule has 2 atom stereocenters. The van der Waals surface area contributed by atoms with Crippen molar-refractivity contribution in [1.29, 1.82) is 0 Å². The van der Waals surface area contributed by atoms with E-state index in [2.05, 4.69) is 0 Å². The Morgan fingerprint density at radius 1 is 1.40 bits per heavy atom. The molecule has 2 rings (SSSR count). The van der Waals surface area contributed by atoms with Gasteiger partial charge in [-0.2, -0.15) is 0 Å². The number of hydrogen-bond acceptors (Lipinski definition) is 4. The number of primary amides is 1. The Kier molecular flexibility index (Phi) is 6.82. The molecular formula is C19H29N3O3. The van der Waals surface area contributed by atoms with E-state index in [0.717, 1.165) is 24.2 Å². The summed E-state index contributed by atoms with van der Waals surface area (Å²) in [6, 6.07) is 7.63. The molecule has 0 radical (unpaired) electrons. The molecule has 1 aliphatic rings. The fraction of sp³-hybridized carbons (Fsp3) is 0.579. The van der Waals surface area contributed by atoms with Crippen LogP contribution in [-0.2, 0) is 9.59 Å². The highest BCUT2D eigenvalue weighted by Crippen LogP contribution is 2.18. The van der Waals surface area contributed by atoms with Gasteiger partial charge in [-0.25, -0.2) is 0 Å². The second-order valence-electron chi connectivity index (χ2n) is 6.80. The first-order valence-corrected chi connectivity index (χ1v) is 8.87. The van der Waals surface area contributed by atoms with Crippen LogP contribution in [0, 0.1) is 12.8 Å². The minimum absolute atomic E-state index is 0.0457. The van der Waals surface area contributed by atoms with Gasteiger partial charge in [-0.3, -0.25) is 14.5 Å². The van der Waals surface area contributed by atoms with Crippen LogP contribution in [0.2, 0.25) is 0 Å². The molecule has 0 spiro atoms. The van der Waals surface area contributed by atoms with Crippen LogP contribution >= 0.6 is 0 Å². The second-order valence-corrected chi connectivity index (χ2v) is 6.80. The van der Waals surface area contributed by atoms with E-state index in [1.54, 1.807) is 4.90 Å². The van der Waals surface area contributed by atoms with Crippen molar-refractivity contribution in [3.05, 3.63) is 29.8 Å². The van der Waals surface area contributed by atoms with Gasteiger partial charge in [0.25, 0.3) is 0 Å². The smallest absolute Gasteiger partial charge is 0.239 e. The number of rotatable bonds is 7. The van der Waals surface area contributed by atoms with E-state index in [9.17, 15) is 9.59 Å². The molecule has 0 aromatic heterocycles. The van der Waals surface area contributed by atoms with Crippen LogP contribution in [0.15, 0.2) is 24.3 Å².